The minimum absolute atomic E-state index is 0.152. The van der Waals surface area contributed by atoms with Crippen molar-refractivity contribution in [3.63, 3.8) is 0 Å². The van der Waals surface area contributed by atoms with Crippen molar-refractivity contribution in [2.75, 3.05) is 31.2 Å². The molecule has 7 heteroatoms. The standard InChI is InChI=1S/C19H21Cl2N3O2.2C2H6/c1-13-22-16(23-8-5-19(6-9-23)7-10-26-12-19)11-17(25)24(13)15-4-2-3-14(20)18(15)21;2*1-2/h2-4,11H,5-10,12H2,1H3;2*1-2H3. The van der Waals surface area contributed by atoms with Gasteiger partial charge in [-0.15, -0.1) is 0 Å². The highest BCUT2D eigenvalue weighted by molar-refractivity contribution is 6.43. The van der Waals surface area contributed by atoms with Crippen molar-refractivity contribution in [1.29, 1.82) is 0 Å². The molecule has 30 heavy (non-hydrogen) atoms. The Morgan fingerprint density at radius 3 is 2.30 bits per heavy atom. The second kappa shape index (κ2) is 11.2. The number of aryl methyl sites for hydroxylation is 1. The molecule has 166 valence electrons. The van der Waals surface area contributed by atoms with Crippen molar-refractivity contribution in [3.05, 3.63) is 50.5 Å². The molecule has 2 aliphatic heterocycles. The Labute approximate surface area is 190 Å². The van der Waals surface area contributed by atoms with Gasteiger partial charge in [0.2, 0.25) is 0 Å². The lowest BCUT2D eigenvalue weighted by Gasteiger charge is -2.38. The summed E-state index contributed by atoms with van der Waals surface area (Å²) in [5.74, 6) is 1.33. The second-order valence-electron chi connectivity index (χ2n) is 7.20. The Bertz CT molecular complexity index is 883. The number of nitrogens with zero attached hydrogens (tertiary/aromatic N) is 3. The molecule has 0 radical (unpaired) electrons. The van der Waals surface area contributed by atoms with Crippen LogP contribution in [-0.4, -0.2) is 35.9 Å². The average molecular weight is 454 g/mol. The maximum absolute atomic E-state index is 12.8. The van der Waals surface area contributed by atoms with Crippen LogP contribution >= 0.6 is 23.2 Å². The molecule has 1 aromatic heterocycles. The monoisotopic (exact) mass is 453 g/mol. The molecule has 2 aromatic rings. The Morgan fingerprint density at radius 2 is 1.73 bits per heavy atom. The lowest BCUT2D eigenvalue weighted by molar-refractivity contribution is 0.133. The van der Waals surface area contributed by atoms with Gasteiger partial charge in [-0.3, -0.25) is 9.36 Å². The van der Waals surface area contributed by atoms with Crippen LogP contribution < -0.4 is 10.5 Å². The van der Waals surface area contributed by atoms with E-state index in [1.165, 1.54) is 4.57 Å². The molecule has 2 fully saturated rings. The number of rotatable bonds is 2. The van der Waals surface area contributed by atoms with Crippen molar-refractivity contribution < 1.29 is 4.74 Å². The number of ether oxygens (including phenoxy) is 1. The normalized spacial score (nSPS) is 17.1. The van der Waals surface area contributed by atoms with Crippen LogP contribution in [0.25, 0.3) is 5.69 Å². The number of piperidine rings is 1. The number of benzene rings is 1. The molecule has 2 aliphatic rings. The maximum Gasteiger partial charge on any atom is 0.260 e. The molecule has 0 unspecified atom stereocenters. The van der Waals surface area contributed by atoms with Crippen LogP contribution in [0.5, 0.6) is 0 Å². The Morgan fingerprint density at radius 1 is 1.07 bits per heavy atom. The highest BCUT2D eigenvalue weighted by Gasteiger charge is 2.38. The van der Waals surface area contributed by atoms with Crippen molar-refractivity contribution in [2.45, 2.75) is 53.9 Å². The van der Waals surface area contributed by atoms with Crippen LogP contribution in [0.3, 0.4) is 0 Å². The third-order valence-corrected chi connectivity index (χ3v) is 6.39. The number of aromatic nitrogens is 2. The fourth-order valence-electron chi connectivity index (χ4n) is 3.96. The first-order chi connectivity index (χ1) is 14.5. The van der Waals surface area contributed by atoms with Gasteiger partial charge in [0.1, 0.15) is 11.6 Å². The van der Waals surface area contributed by atoms with Crippen LogP contribution in [0.4, 0.5) is 5.82 Å². The molecule has 0 saturated carbocycles. The fraction of sp³-hybridized carbons (Fsp3) is 0.565. The van der Waals surface area contributed by atoms with Crippen LogP contribution in [0.1, 0.15) is 52.8 Å². The van der Waals surface area contributed by atoms with E-state index in [1.807, 2.05) is 34.6 Å². The molecule has 0 N–H and O–H groups in total. The SMILES string of the molecule is CC.CC.Cc1nc(N2CCC3(CCOC3)CC2)cc(=O)n1-c1cccc(Cl)c1Cl. The molecule has 3 heterocycles. The summed E-state index contributed by atoms with van der Waals surface area (Å²) in [5, 5.41) is 0.773. The van der Waals surface area contributed by atoms with E-state index in [4.69, 9.17) is 27.9 Å². The first-order valence-corrected chi connectivity index (χ1v) is 11.6. The van der Waals surface area contributed by atoms with Gasteiger partial charge in [0.25, 0.3) is 5.56 Å². The first-order valence-electron chi connectivity index (χ1n) is 10.9. The highest BCUT2D eigenvalue weighted by atomic mass is 35.5. The summed E-state index contributed by atoms with van der Waals surface area (Å²) in [6, 6.07) is 6.84. The minimum atomic E-state index is -0.152. The van der Waals surface area contributed by atoms with Crippen molar-refractivity contribution in [2.24, 2.45) is 5.41 Å². The van der Waals surface area contributed by atoms with Gasteiger partial charge in [-0.2, -0.15) is 0 Å². The number of halogens is 2. The zero-order valence-electron chi connectivity index (χ0n) is 18.7. The average Bonchev–Trinajstić information content (AvgIpc) is 3.22. The molecular formula is C23H33Cl2N3O2. The van der Waals surface area contributed by atoms with Crippen LogP contribution in [0.2, 0.25) is 10.0 Å². The molecule has 0 amide bonds. The molecule has 2 saturated heterocycles. The van der Waals surface area contributed by atoms with Gasteiger partial charge in [-0.1, -0.05) is 57.0 Å². The maximum atomic E-state index is 12.8. The smallest absolute Gasteiger partial charge is 0.260 e. The molecular weight excluding hydrogens is 421 g/mol. The van der Waals surface area contributed by atoms with Gasteiger partial charge >= 0.3 is 0 Å². The fourth-order valence-corrected chi connectivity index (χ4v) is 4.34. The van der Waals surface area contributed by atoms with E-state index in [9.17, 15) is 4.79 Å². The van der Waals surface area contributed by atoms with Crippen LogP contribution in [0, 0.1) is 12.3 Å². The number of hydrogen-bond acceptors (Lipinski definition) is 4. The van der Waals surface area contributed by atoms with E-state index in [0.29, 0.717) is 27.0 Å². The van der Waals surface area contributed by atoms with Crippen molar-refractivity contribution in [3.8, 4) is 5.69 Å². The third kappa shape index (κ3) is 5.19. The molecule has 0 bridgehead atoms. The van der Waals surface area contributed by atoms with Crippen LogP contribution in [0.15, 0.2) is 29.1 Å². The number of hydrogen-bond donors (Lipinski definition) is 0. The quantitative estimate of drug-likeness (QED) is 0.566. The summed E-state index contributed by atoms with van der Waals surface area (Å²) in [5.41, 5.74) is 0.733. The summed E-state index contributed by atoms with van der Waals surface area (Å²) >= 11 is 12.4. The van der Waals surface area contributed by atoms with E-state index in [1.54, 1.807) is 24.3 Å². The van der Waals surface area contributed by atoms with Crippen LogP contribution in [-0.2, 0) is 4.74 Å². The third-order valence-electron chi connectivity index (χ3n) is 5.58. The van der Waals surface area contributed by atoms with Gasteiger partial charge in [-0.05, 0) is 43.7 Å². The number of anilines is 1. The molecule has 0 aliphatic carbocycles. The van der Waals surface area contributed by atoms with Gasteiger partial charge in [0.15, 0.2) is 0 Å². The summed E-state index contributed by atoms with van der Waals surface area (Å²) < 4.78 is 7.10. The summed E-state index contributed by atoms with van der Waals surface area (Å²) in [7, 11) is 0. The van der Waals surface area contributed by atoms with E-state index in [2.05, 4.69) is 9.88 Å². The Hall–Kier alpha value is -1.56. The van der Waals surface area contributed by atoms with Gasteiger partial charge in [0, 0.05) is 25.8 Å². The molecule has 0 atom stereocenters. The van der Waals surface area contributed by atoms with Gasteiger partial charge < -0.3 is 9.64 Å². The summed E-state index contributed by atoms with van der Waals surface area (Å²) in [4.78, 5) is 19.7. The van der Waals surface area contributed by atoms with E-state index in [0.717, 1.165) is 51.4 Å². The molecule has 5 nitrogen and oxygen atoms in total. The Kier molecular flexibility index (Phi) is 9.20. The lowest BCUT2D eigenvalue weighted by Crippen LogP contribution is -2.41. The zero-order valence-corrected chi connectivity index (χ0v) is 20.2. The zero-order chi connectivity index (χ0) is 22.3. The topological polar surface area (TPSA) is 47.4 Å². The second-order valence-corrected chi connectivity index (χ2v) is 7.98. The molecule has 4 rings (SSSR count). The first kappa shape index (κ1) is 24.7. The van der Waals surface area contributed by atoms with E-state index in [-0.39, 0.29) is 5.56 Å². The molecule has 1 aromatic carbocycles. The largest absolute Gasteiger partial charge is 0.381 e. The minimum Gasteiger partial charge on any atom is -0.381 e. The summed E-state index contributed by atoms with van der Waals surface area (Å²) in [6.45, 7) is 13.3. The summed E-state index contributed by atoms with van der Waals surface area (Å²) in [6.07, 6.45) is 3.30. The van der Waals surface area contributed by atoms with E-state index >= 15 is 0 Å². The lowest BCUT2D eigenvalue weighted by atomic mass is 9.78. The van der Waals surface area contributed by atoms with Crippen molar-refractivity contribution in [1.82, 2.24) is 9.55 Å². The van der Waals surface area contributed by atoms with Gasteiger partial charge in [0.05, 0.1) is 22.3 Å². The van der Waals surface area contributed by atoms with E-state index < -0.39 is 0 Å². The predicted octanol–water partition coefficient (Wildman–Crippen LogP) is 5.91. The van der Waals surface area contributed by atoms with Crippen molar-refractivity contribution >= 4 is 29.0 Å². The molecule has 1 spiro atoms. The van der Waals surface area contributed by atoms with Gasteiger partial charge in [-0.25, -0.2) is 4.98 Å². The highest BCUT2D eigenvalue weighted by Crippen LogP contribution is 2.39. The predicted molar refractivity (Wildman–Crippen MR) is 127 cm³/mol. The Balaban J connectivity index is 0.000000757.